The average Bonchev–Trinajstić information content (AvgIpc) is 2.43. The number of hydrogen-bond acceptors (Lipinski definition) is 4. The molecule has 108 valence electrons. The summed E-state index contributed by atoms with van der Waals surface area (Å²) < 4.78 is 30.7. The second-order valence-electron chi connectivity index (χ2n) is 3.94. The van der Waals surface area contributed by atoms with E-state index in [1.165, 1.54) is 11.4 Å². The Morgan fingerprint density at radius 3 is 2.42 bits per heavy atom. The van der Waals surface area contributed by atoms with Gasteiger partial charge in [0.15, 0.2) is 0 Å². The first-order chi connectivity index (χ1) is 9.02. The van der Waals surface area contributed by atoms with E-state index in [-0.39, 0.29) is 31.3 Å². The highest BCUT2D eigenvalue weighted by Crippen LogP contribution is 2.16. The Bertz CT molecular complexity index is 475. The third-order valence-electron chi connectivity index (χ3n) is 2.57. The smallest absolute Gasteiger partial charge is 0.242 e. The molecule has 7 heteroatoms. The summed E-state index contributed by atoms with van der Waals surface area (Å²) in [5.41, 5.74) is 1.02. The number of aliphatic hydroxyl groups excluding tert-OH is 1. The minimum absolute atomic E-state index is 0.0650. The Labute approximate surface area is 122 Å². The van der Waals surface area contributed by atoms with E-state index < -0.39 is 10.0 Å². The fourth-order valence-electron chi connectivity index (χ4n) is 1.41. The van der Waals surface area contributed by atoms with Crippen LogP contribution in [0.2, 0.25) is 0 Å². The van der Waals surface area contributed by atoms with Crippen LogP contribution in [0.15, 0.2) is 29.2 Å². The summed E-state index contributed by atoms with van der Waals surface area (Å²) >= 11 is 3.31. The highest BCUT2D eigenvalue weighted by atomic mass is 79.9. The van der Waals surface area contributed by atoms with Crippen LogP contribution in [-0.2, 0) is 20.1 Å². The summed E-state index contributed by atoms with van der Waals surface area (Å²) in [5, 5.41) is 9.25. The standard InChI is InChI=1S/C12H18BrNO4S/c1-14(6-8-18-9-7-15)19(16,17)12-4-2-11(10-13)3-5-12/h2-5,15H,6-10H2,1H3. The van der Waals surface area contributed by atoms with Crippen molar-refractivity contribution in [1.29, 1.82) is 0 Å². The Hall–Kier alpha value is -0.470. The number of hydrogen-bond donors (Lipinski definition) is 1. The van der Waals surface area contributed by atoms with Gasteiger partial charge >= 0.3 is 0 Å². The highest BCUT2D eigenvalue weighted by molar-refractivity contribution is 9.08. The molecule has 0 radical (unpaired) electrons. The molecule has 0 unspecified atom stereocenters. The molecule has 0 heterocycles. The number of likely N-dealkylation sites (N-methyl/N-ethyl adjacent to an activating group) is 1. The maximum atomic E-state index is 12.2. The van der Waals surface area contributed by atoms with Gasteiger partial charge in [0.1, 0.15) is 0 Å². The molecule has 0 spiro atoms. The van der Waals surface area contributed by atoms with E-state index in [0.29, 0.717) is 5.33 Å². The van der Waals surface area contributed by atoms with Crippen LogP contribution in [0.1, 0.15) is 5.56 Å². The summed E-state index contributed by atoms with van der Waals surface area (Å²) in [4.78, 5) is 0.266. The number of aliphatic hydroxyl groups is 1. The van der Waals surface area contributed by atoms with Gasteiger partial charge in [-0.2, -0.15) is 4.31 Å². The van der Waals surface area contributed by atoms with Gasteiger partial charge in [0.2, 0.25) is 10.0 Å². The SMILES string of the molecule is CN(CCOCCO)S(=O)(=O)c1ccc(CBr)cc1. The average molecular weight is 352 g/mol. The van der Waals surface area contributed by atoms with Crippen LogP contribution >= 0.6 is 15.9 Å². The van der Waals surface area contributed by atoms with Gasteiger partial charge in [0.25, 0.3) is 0 Å². The Morgan fingerprint density at radius 1 is 1.26 bits per heavy atom. The van der Waals surface area contributed by atoms with Gasteiger partial charge in [0, 0.05) is 18.9 Å². The number of nitrogens with zero attached hydrogens (tertiary/aromatic N) is 1. The van der Waals surface area contributed by atoms with Gasteiger partial charge < -0.3 is 9.84 Å². The van der Waals surface area contributed by atoms with Gasteiger partial charge in [0.05, 0.1) is 24.7 Å². The number of halogens is 1. The van der Waals surface area contributed by atoms with Crippen LogP contribution in [0, 0.1) is 0 Å². The number of alkyl halides is 1. The normalized spacial score (nSPS) is 12.0. The molecule has 0 aromatic heterocycles. The zero-order chi connectivity index (χ0) is 14.3. The molecule has 19 heavy (non-hydrogen) atoms. The van der Waals surface area contributed by atoms with Crippen molar-refractivity contribution < 1.29 is 18.3 Å². The zero-order valence-corrected chi connectivity index (χ0v) is 13.2. The Balaban J connectivity index is 2.67. The van der Waals surface area contributed by atoms with Gasteiger partial charge in [-0.25, -0.2) is 8.42 Å². The molecule has 1 N–H and O–H groups in total. The molecule has 0 bridgehead atoms. The maximum Gasteiger partial charge on any atom is 0.242 e. The van der Waals surface area contributed by atoms with Gasteiger partial charge in [-0.3, -0.25) is 0 Å². The van der Waals surface area contributed by atoms with Crippen molar-refractivity contribution >= 4 is 26.0 Å². The molecule has 0 aliphatic heterocycles. The number of rotatable bonds is 8. The van der Waals surface area contributed by atoms with E-state index in [1.807, 2.05) is 0 Å². The van der Waals surface area contributed by atoms with Crippen LogP contribution in [0.25, 0.3) is 0 Å². The topological polar surface area (TPSA) is 66.8 Å². The fraction of sp³-hybridized carbons (Fsp3) is 0.500. The molecule has 0 fully saturated rings. The lowest BCUT2D eigenvalue weighted by Crippen LogP contribution is -2.30. The van der Waals surface area contributed by atoms with Crippen LogP contribution < -0.4 is 0 Å². The maximum absolute atomic E-state index is 12.2. The fourth-order valence-corrected chi connectivity index (χ4v) is 2.94. The van der Waals surface area contributed by atoms with E-state index in [0.717, 1.165) is 5.56 Å². The third kappa shape index (κ3) is 4.85. The first-order valence-corrected chi connectivity index (χ1v) is 8.38. The summed E-state index contributed by atoms with van der Waals surface area (Å²) in [7, 11) is -1.97. The highest BCUT2D eigenvalue weighted by Gasteiger charge is 2.20. The molecule has 0 saturated heterocycles. The van der Waals surface area contributed by atoms with Crippen molar-refractivity contribution in [2.24, 2.45) is 0 Å². The lowest BCUT2D eigenvalue weighted by atomic mass is 10.2. The van der Waals surface area contributed by atoms with Crippen LogP contribution in [0.3, 0.4) is 0 Å². The molecule has 0 atom stereocenters. The Kier molecular flexibility index (Phi) is 6.95. The monoisotopic (exact) mass is 351 g/mol. The van der Waals surface area contributed by atoms with E-state index in [1.54, 1.807) is 24.3 Å². The molecular weight excluding hydrogens is 334 g/mol. The molecular formula is C12H18BrNO4S. The van der Waals surface area contributed by atoms with E-state index in [2.05, 4.69) is 15.9 Å². The van der Waals surface area contributed by atoms with E-state index >= 15 is 0 Å². The van der Waals surface area contributed by atoms with Crippen molar-refractivity contribution in [1.82, 2.24) is 4.31 Å². The van der Waals surface area contributed by atoms with Crippen LogP contribution in [-0.4, -0.2) is 51.2 Å². The minimum atomic E-state index is -3.48. The third-order valence-corrected chi connectivity index (χ3v) is 5.09. The molecule has 5 nitrogen and oxygen atoms in total. The largest absolute Gasteiger partial charge is 0.394 e. The second-order valence-corrected chi connectivity index (χ2v) is 6.55. The zero-order valence-electron chi connectivity index (χ0n) is 10.8. The summed E-state index contributed by atoms with van der Waals surface area (Å²) in [6.07, 6.45) is 0. The molecule has 1 rings (SSSR count). The Morgan fingerprint density at radius 2 is 1.89 bits per heavy atom. The molecule has 1 aromatic rings. The van der Waals surface area contributed by atoms with Gasteiger partial charge in [-0.05, 0) is 17.7 Å². The molecule has 1 aromatic carbocycles. The van der Waals surface area contributed by atoms with Crippen molar-refractivity contribution in [3.63, 3.8) is 0 Å². The van der Waals surface area contributed by atoms with Crippen LogP contribution in [0.5, 0.6) is 0 Å². The van der Waals surface area contributed by atoms with Crippen molar-refractivity contribution in [3.05, 3.63) is 29.8 Å². The van der Waals surface area contributed by atoms with Crippen molar-refractivity contribution in [2.75, 3.05) is 33.4 Å². The van der Waals surface area contributed by atoms with Crippen LogP contribution in [0.4, 0.5) is 0 Å². The lowest BCUT2D eigenvalue weighted by molar-refractivity contribution is 0.0876. The summed E-state index contributed by atoms with van der Waals surface area (Å²) in [6.45, 7) is 0.663. The molecule has 0 aliphatic rings. The first kappa shape index (κ1) is 16.6. The quantitative estimate of drug-likeness (QED) is 0.564. The number of benzene rings is 1. The predicted molar refractivity (Wildman–Crippen MR) is 76.8 cm³/mol. The van der Waals surface area contributed by atoms with Gasteiger partial charge in [-0.1, -0.05) is 28.1 Å². The van der Waals surface area contributed by atoms with E-state index in [9.17, 15) is 8.42 Å². The number of ether oxygens (including phenoxy) is 1. The molecule has 0 aliphatic carbocycles. The van der Waals surface area contributed by atoms with Gasteiger partial charge in [-0.15, -0.1) is 0 Å². The lowest BCUT2D eigenvalue weighted by Gasteiger charge is -2.17. The van der Waals surface area contributed by atoms with Crippen molar-refractivity contribution in [2.45, 2.75) is 10.2 Å². The summed E-state index contributed by atoms with van der Waals surface area (Å²) in [6, 6.07) is 6.74. The first-order valence-electron chi connectivity index (χ1n) is 5.82. The number of sulfonamides is 1. The van der Waals surface area contributed by atoms with Crippen molar-refractivity contribution in [3.8, 4) is 0 Å². The minimum Gasteiger partial charge on any atom is -0.394 e. The predicted octanol–water partition coefficient (Wildman–Crippen LogP) is 1.21. The molecule has 0 amide bonds. The summed E-state index contributed by atoms with van der Waals surface area (Å²) in [5.74, 6) is 0. The van der Waals surface area contributed by atoms with E-state index in [4.69, 9.17) is 9.84 Å². The molecule has 0 saturated carbocycles. The second kappa shape index (κ2) is 7.96.